The SMILES string of the molecule is O=C(c1cnn(-c2ccc(F)cc2Cl)c1C1CCNCC1)N1CC[C@H](c2ccccc2)C1. The number of nitrogens with zero attached hydrogens (tertiary/aromatic N) is 3. The van der Waals surface area contributed by atoms with Gasteiger partial charge in [0.2, 0.25) is 0 Å². The van der Waals surface area contributed by atoms with E-state index in [1.54, 1.807) is 16.9 Å². The van der Waals surface area contributed by atoms with Crippen LogP contribution in [0.2, 0.25) is 5.02 Å². The van der Waals surface area contributed by atoms with Crippen LogP contribution in [-0.2, 0) is 0 Å². The number of halogens is 2. The topological polar surface area (TPSA) is 50.2 Å². The molecule has 2 aromatic carbocycles. The van der Waals surface area contributed by atoms with Crippen LogP contribution in [0.15, 0.2) is 54.7 Å². The molecule has 5 rings (SSSR count). The van der Waals surface area contributed by atoms with E-state index in [4.69, 9.17) is 11.6 Å². The summed E-state index contributed by atoms with van der Waals surface area (Å²) >= 11 is 6.37. The molecule has 166 valence electrons. The first kappa shape index (κ1) is 21.2. The van der Waals surface area contributed by atoms with E-state index in [9.17, 15) is 9.18 Å². The lowest BCUT2D eigenvalue weighted by Gasteiger charge is -2.26. The van der Waals surface area contributed by atoms with Gasteiger partial charge in [-0.1, -0.05) is 41.9 Å². The zero-order valence-electron chi connectivity index (χ0n) is 17.8. The molecule has 1 N–H and O–H groups in total. The third-order valence-corrected chi connectivity index (χ3v) is 6.95. The zero-order chi connectivity index (χ0) is 22.1. The third kappa shape index (κ3) is 4.05. The van der Waals surface area contributed by atoms with Crippen LogP contribution in [0.3, 0.4) is 0 Å². The Morgan fingerprint density at radius 2 is 1.84 bits per heavy atom. The molecule has 2 aliphatic heterocycles. The molecule has 5 nitrogen and oxygen atoms in total. The minimum Gasteiger partial charge on any atom is -0.338 e. The average molecular weight is 453 g/mol. The molecule has 2 saturated heterocycles. The summed E-state index contributed by atoms with van der Waals surface area (Å²) in [5, 5.41) is 8.23. The van der Waals surface area contributed by atoms with Gasteiger partial charge in [0.1, 0.15) is 5.82 Å². The molecule has 32 heavy (non-hydrogen) atoms. The molecule has 2 aliphatic rings. The monoisotopic (exact) mass is 452 g/mol. The maximum absolute atomic E-state index is 13.6. The molecule has 1 aromatic heterocycles. The summed E-state index contributed by atoms with van der Waals surface area (Å²) in [6.07, 6.45) is 4.44. The van der Waals surface area contributed by atoms with Crippen LogP contribution in [-0.4, -0.2) is 46.8 Å². The fourth-order valence-electron chi connectivity index (χ4n) is 4.97. The van der Waals surface area contributed by atoms with Gasteiger partial charge < -0.3 is 10.2 Å². The smallest absolute Gasteiger partial charge is 0.257 e. The number of likely N-dealkylation sites (tertiary alicyclic amines) is 1. The number of rotatable bonds is 4. The van der Waals surface area contributed by atoms with E-state index in [2.05, 4.69) is 22.5 Å². The minimum atomic E-state index is -0.394. The van der Waals surface area contributed by atoms with Crippen molar-refractivity contribution in [2.24, 2.45) is 0 Å². The van der Waals surface area contributed by atoms with Crippen molar-refractivity contribution in [3.8, 4) is 5.69 Å². The highest BCUT2D eigenvalue weighted by Gasteiger charge is 2.33. The fourth-order valence-corrected chi connectivity index (χ4v) is 5.22. The molecule has 3 aromatic rings. The summed E-state index contributed by atoms with van der Waals surface area (Å²) in [5.41, 5.74) is 3.39. The fraction of sp³-hybridized carbons (Fsp3) is 0.360. The zero-order valence-corrected chi connectivity index (χ0v) is 18.6. The lowest BCUT2D eigenvalue weighted by Crippen LogP contribution is -2.32. The Morgan fingerprint density at radius 1 is 1.06 bits per heavy atom. The summed E-state index contributed by atoms with van der Waals surface area (Å²) in [4.78, 5) is 15.6. The predicted octanol–water partition coefficient (Wildman–Crippen LogP) is 4.76. The molecule has 0 bridgehead atoms. The number of carbonyl (C=O) groups is 1. The number of carbonyl (C=O) groups excluding carboxylic acids is 1. The van der Waals surface area contributed by atoms with Crippen molar-refractivity contribution in [2.75, 3.05) is 26.2 Å². The first-order valence-electron chi connectivity index (χ1n) is 11.2. The molecule has 0 radical (unpaired) electrons. The highest BCUT2D eigenvalue weighted by molar-refractivity contribution is 6.32. The molecule has 1 amide bonds. The van der Waals surface area contributed by atoms with E-state index in [0.717, 1.165) is 44.6 Å². The number of amides is 1. The summed E-state index contributed by atoms with van der Waals surface area (Å²) in [6, 6.07) is 14.7. The van der Waals surface area contributed by atoms with Crippen LogP contribution in [0.25, 0.3) is 5.69 Å². The van der Waals surface area contributed by atoms with Gasteiger partial charge in [-0.05, 0) is 56.1 Å². The van der Waals surface area contributed by atoms with Crippen molar-refractivity contribution >= 4 is 17.5 Å². The first-order chi connectivity index (χ1) is 15.6. The van der Waals surface area contributed by atoms with Gasteiger partial charge in [0.05, 0.1) is 28.2 Å². The normalized spacial score (nSPS) is 19.4. The predicted molar refractivity (Wildman–Crippen MR) is 123 cm³/mol. The van der Waals surface area contributed by atoms with Crippen molar-refractivity contribution in [1.82, 2.24) is 20.0 Å². The van der Waals surface area contributed by atoms with Gasteiger partial charge in [-0.2, -0.15) is 5.10 Å². The van der Waals surface area contributed by atoms with E-state index in [1.165, 1.54) is 17.7 Å². The molecule has 2 fully saturated rings. The van der Waals surface area contributed by atoms with Gasteiger partial charge >= 0.3 is 0 Å². The van der Waals surface area contributed by atoms with Crippen LogP contribution < -0.4 is 5.32 Å². The highest BCUT2D eigenvalue weighted by atomic mass is 35.5. The van der Waals surface area contributed by atoms with Crippen molar-refractivity contribution in [3.63, 3.8) is 0 Å². The van der Waals surface area contributed by atoms with E-state index in [0.29, 0.717) is 23.7 Å². The molecule has 0 spiro atoms. The maximum atomic E-state index is 13.6. The van der Waals surface area contributed by atoms with Crippen molar-refractivity contribution in [2.45, 2.75) is 31.1 Å². The lowest BCUT2D eigenvalue weighted by molar-refractivity contribution is 0.0788. The lowest BCUT2D eigenvalue weighted by atomic mass is 9.91. The molecule has 3 heterocycles. The third-order valence-electron chi connectivity index (χ3n) is 6.65. The second-order valence-corrected chi connectivity index (χ2v) is 9.03. The molecular formula is C25H26ClFN4O. The summed E-state index contributed by atoms with van der Waals surface area (Å²) < 4.78 is 15.4. The number of aromatic nitrogens is 2. The van der Waals surface area contributed by atoms with Gasteiger partial charge in [0.25, 0.3) is 5.91 Å². The van der Waals surface area contributed by atoms with E-state index < -0.39 is 5.82 Å². The summed E-state index contributed by atoms with van der Waals surface area (Å²) in [6.45, 7) is 3.21. The Balaban J connectivity index is 1.48. The second kappa shape index (κ2) is 9.04. The summed E-state index contributed by atoms with van der Waals surface area (Å²) in [5.74, 6) is 0.159. The van der Waals surface area contributed by atoms with Crippen LogP contribution in [0.5, 0.6) is 0 Å². The molecule has 1 atom stereocenters. The molecule has 0 saturated carbocycles. The van der Waals surface area contributed by atoms with E-state index >= 15 is 0 Å². The molecule has 0 unspecified atom stereocenters. The van der Waals surface area contributed by atoms with Crippen molar-refractivity contribution in [3.05, 3.63) is 82.4 Å². The number of hydrogen-bond donors (Lipinski definition) is 1. The quantitative estimate of drug-likeness (QED) is 0.620. The van der Waals surface area contributed by atoms with Crippen LogP contribution in [0.1, 0.15) is 52.7 Å². The Morgan fingerprint density at radius 3 is 2.59 bits per heavy atom. The second-order valence-electron chi connectivity index (χ2n) is 8.62. The maximum Gasteiger partial charge on any atom is 0.257 e. The molecule has 7 heteroatoms. The Kier molecular flexibility index (Phi) is 5.98. The van der Waals surface area contributed by atoms with Crippen LogP contribution in [0, 0.1) is 5.82 Å². The van der Waals surface area contributed by atoms with Crippen LogP contribution >= 0.6 is 11.6 Å². The molecular weight excluding hydrogens is 427 g/mol. The molecule has 0 aliphatic carbocycles. The Hall–Kier alpha value is -2.70. The van der Waals surface area contributed by atoms with Crippen molar-refractivity contribution < 1.29 is 9.18 Å². The van der Waals surface area contributed by atoms with Gasteiger partial charge in [0, 0.05) is 24.9 Å². The minimum absolute atomic E-state index is 0.0152. The van der Waals surface area contributed by atoms with Gasteiger partial charge in [-0.25, -0.2) is 9.07 Å². The van der Waals surface area contributed by atoms with E-state index in [-0.39, 0.29) is 16.8 Å². The standard InChI is InChI=1S/C25H26ClFN4O/c26-22-14-20(27)6-7-23(22)31-24(18-8-11-28-12-9-18)21(15-29-31)25(32)30-13-10-19(16-30)17-4-2-1-3-5-17/h1-7,14-15,18-19,28H,8-13,16H2/t19-/m0/s1. The van der Waals surface area contributed by atoms with Gasteiger partial charge in [-0.3, -0.25) is 4.79 Å². The largest absolute Gasteiger partial charge is 0.338 e. The number of hydrogen-bond acceptors (Lipinski definition) is 3. The average Bonchev–Trinajstić information content (AvgIpc) is 3.48. The van der Waals surface area contributed by atoms with Crippen molar-refractivity contribution in [1.29, 1.82) is 0 Å². The van der Waals surface area contributed by atoms with E-state index in [1.807, 2.05) is 23.1 Å². The van der Waals surface area contributed by atoms with Gasteiger partial charge in [0.15, 0.2) is 0 Å². The number of piperidine rings is 1. The highest BCUT2D eigenvalue weighted by Crippen LogP contribution is 2.34. The van der Waals surface area contributed by atoms with Gasteiger partial charge in [-0.15, -0.1) is 0 Å². The van der Waals surface area contributed by atoms with Crippen LogP contribution in [0.4, 0.5) is 4.39 Å². The Bertz CT molecular complexity index is 1110. The summed E-state index contributed by atoms with van der Waals surface area (Å²) in [7, 11) is 0. The number of benzene rings is 2. The first-order valence-corrected chi connectivity index (χ1v) is 11.6. The Labute approximate surface area is 192 Å². The number of nitrogens with one attached hydrogen (secondary N) is 1.